The van der Waals surface area contributed by atoms with Crippen molar-refractivity contribution in [1.82, 2.24) is 0 Å². The fourth-order valence-corrected chi connectivity index (χ4v) is 3.02. The third kappa shape index (κ3) is 5.51. The molecule has 13 heteroatoms. The lowest BCUT2D eigenvalue weighted by Crippen LogP contribution is -2.34. The van der Waals surface area contributed by atoms with Gasteiger partial charge in [0.2, 0.25) is 5.75 Å². The second kappa shape index (κ2) is 9.01. The standard InChI is InChI=1S/C16H16F4N2O7/c17-14(18)16(19,20)8-28-15(23)29-13-11(9-4-2-1-3-5-9)6-10(21(24)25)7-12(13)22(26)27/h6-7,9,14H,1-5,8H2. The molecule has 1 aliphatic carbocycles. The van der Waals surface area contributed by atoms with E-state index in [0.29, 0.717) is 18.9 Å². The highest BCUT2D eigenvalue weighted by Crippen LogP contribution is 2.44. The molecule has 0 heterocycles. The van der Waals surface area contributed by atoms with Crippen molar-refractivity contribution < 1.29 is 41.7 Å². The van der Waals surface area contributed by atoms with Crippen LogP contribution >= 0.6 is 0 Å². The second-order valence-electron chi connectivity index (χ2n) is 6.43. The Hall–Kier alpha value is -2.99. The van der Waals surface area contributed by atoms with E-state index in [-0.39, 0.29) is 5.56 Å². The summed E-state index contributed by atoms with van der Waals surface area (Å²) in [6, 6.07) is 1.57. The molecule has 0 radical (unpaired) electrons. The first-order valence-electron chi connectivity index (χ1n) is 8.50. The number of hydrogen-bond donors (Lipinski definition) is 0. The highest BCUT2D eigenvalue weighted by molar-refractivity contribution is 5.70. The fourth-order valence-electron chi connectivity index (χ4n) is 3.02. The smallest absolute Gasteiger partial charge is 0.427 e. The Morgan fingerprint density at radius 3 is 2.28 bits per heavy atom. The SMILES string of the molecule is O=C(OCC(F)(F)C(F)F)Oc1c(C2CCCCC2)cc([N+](=O)[O-])cc1[N+](=O)[O-]. The molecular weight excluding hydrogens is 408 g/mol. The second-order valence-corrected chi connectivity index (χ2v) is 6.43. The Morgan fingerprint density at radius 1 is 1.14 bits per heavy atom. The maximum atomic E-state index is 12.9. The Kier molecular flexibility index (Phi) is 6.93. The van der Waals surface area contributed by atoms with Crippen LogP contribution in [0.25, 0.3) is 0 Å². The predicted octanol–water partition coefficient (Wildman–Crippen LogP) is 4.97. The maximum Gasteiger partial charge on any atom is 0.514 e. The molecule has 0 saturated heterocycles. The van der Waals surface area contributed by atoms with Gasteiger partial charge in [-0.1, -0.05) is 19.3 Å². The number of nitro benzene ring substituents is 2. The number of carbonyl (C=O) groups excluding carboxylic acids is 1. The van der Waals surface area contributed by atoms with E-state index in [2.05, 4.69) is 4.74 Å². The minimum atomic E-state index is -4.63. The first-order valence-corrected chi connectivity index (χ1v) is 8.50. The molecule has 2 rings (SSSR count). The van der Waals surface area contributed by atoms with Crippen molar-refractivity contribution in [3.05, 3.63) is 37.9 Å². The number of ether oxygens (including phenoxy) is 2. The van der Waals surface area contributed by atoms with Crippen LogP contribution in [0.5, 0.6) is 5.75 Å². The molecule has 9 nitrogen and oxygen atoms in total. The minimum Gasteiger partial charge on any atom is -0.427 e. The quantitative estimate of drug-likeness (QED) is 0.199. The molecular formula is C16H16F4N2O7. The van der Waals surface area contributed by atoms with E-state index >= 15 is 0 Å². The summed E-state index contributed by atoms with van der Waals surface area (Å²) in [5.74, 6) is -5.72. The summed E-state index contributed by atoms with van der Waals surface area (Å²) >= 11 is 0. The van der Waals surface area contributed by atoms with Crippen LogP contribution in [0.4, 0.5) is 33.7 Å². The summed E-state index contributed by atoms with van der Waals surface area (Å²) in [5, 5.41) is 22.5. The van der Waals surface area contributed by atoms with Crippen LogP contribution in [-0.4, -0.2) is 35.0 Å². The van der Waals surface area contributed by atoms with Crippen molar-refractivity contribution >= 4 is 17.5 Å². The molecule has 160 valence electrons. The van der Waals surface area contributed by atoms with Gasteiger partial charge in [-0.05, 0) is 18.8 Å². The summed E-state index contributed by atoms with van der Waals surface area (Å²) in [5.41, 5.74) is -1.55. The summed E-state index contributed by atoms with van der Waals surface area (Å²) in [6.45, 7) is -2.00. The summed E-state index contributed by atoms with van der Waals surface area (Å²) in [4.78, 5) is 32.3. The van der Waals surface area contributed by atoms with E-state index in [4.69, 9.17) is 4.74 Å². The first kappa shape index (κ1) is 22.3. The topological polar surface area (TPSA) is 122 Å². The van der Waals surface area contributed by atoms with E-state index in [1.54, 1.807) is 0 Å². The van der Waals surface area contributed by atoms with Gasteiger partial charge in [-0.3, -0.25) is 20.2 Å². The van der Waals surface area contributed by atoms with Gasteiger partial charge in [-0.25, -0.2) is 13.6 Å². The van der Waals surface area contributed by atoms with Gasteiger partial charge in [0.05, 0.1) is 15.9 Å². The van der Waals surface area contributed by atoms with Crippen LogP contribution in [0.2, 0.25) is 0 Å². The largest absolute Gasteiger partial charge is 0.514 e. The van der Waals surface area contributed by atoms with Crippen LogP contribution < -0.4 is 4.74 Å². The maximum absolute atomic E-state index is 12.9. The van der Waals surface area contributed by atoms with Gasteiger partial charge in [0.15, 0.2) is 6.61 Å². The molecule has 0 atom stereocenters. The molecule has 0 aliphatic heterocycles. The van der Waals surface area contributed by atoms with Gasteiger partial charge in [0, 0.05) is 11.6 Å². The summed E-state index contributed by atoms with van der Waals surface area (Å²) in [6.07, 6.45) is -2.60. The zero-order valence-electron chi connectivity index (χ0n) is 14.8. The van der Waals surface area contributed by atoms with Gasteiger partial charge >= 0.3 is 24.2 Å². The number of nitrogens with zero attached hydrogens (tertiary/aromatic N) is 2. The first-order chi connectivity index (χ1) is 13.5. The molecule has 1 aliphatic rings. The predicted molar refractivity (Wildman–Crippen MR) is 88.5 cm³/mol. The summed E-state index contributed by atoms with van der Waals surface area (Å²) in [7, 11) is 0. The van der Waals surface area contributed by atoms with Gasteiger partial charge < -0.3 is 9.47 Å². The third-order valence-corrected chi connectivity index (χ3v) is 4.42. The lowest BCUT2D eigenvalue weighted by molar-refractivity contribution is -0.394. The van der Waals surface area contributed by atoms with Crippen LogP contribution in [0.1, 0.15) is 43.6 Å². The zero-order valence-corrected chi connectivity index (χ0v) is 14.8. The van der Waals surface area contributed by atoms with Crippen molar-refractivity contribution in [2.45, 2.75) is 50.4 Å². The van der Waals surface area contributed by atoms with Gasteiger partial charge in [-0.2, -0.15) is 8.78 Å². The van der Waals surface area contributed by atoms with E-state index < -0.39 is 58.0 Å². The van der Waals surface area contributed by atoms with Crippen LogP contribution in [0.3, 0.4) is 0 Å². The van der Waals surface area contributed by atoms with Crippen LogP contribution in [-0.2, 0) is 4.74 Å². The molecule has 1 aromatic rings. The van der Waals surface area contributed by atoms with Gasteiger partial charge in [0.25, 0.3) is 5.69 Å². The Morgan fingerprint density at radius 2 is 1.76 bits per heavy atom. The van der Waals surface area contributed by atoms with Gasteiger partial charge in [-0.15, -0.1) is 0 Å². The molecule has 0 N–H and O–H groups in total. The molecule has 0 aromatic heterocycles. The highest BCUT2D eigenvalue weighted by atomic mass is 19.3. The van der Waals surface area contributed by atoms with Crippen molar-refractivity contribution in [2.75, 3.05) is 6.61 Å². The number of alkyl halides is 4. The Balaban J connectivity index is 2.38. The van der Waals surface area contributed by atoms with Crippen LogP contribution in [0, 0.1) is 20.2 Å². The molecule has 0 spiro atoms. The number of non-ortho nitro benzene ring substituents is 1. The van der Waals surface area contributed by atoms with Crippen molar-refractivity contribution in [3.63, 3.8) is 0 Å². The number of hydrogen-bond acceptors (Lipinski definition) is 7. The lowest BCUT2D eigenvalue weighted by atomic mass is 9.83. The monoisotopic (exact) mass is 424 g/mol. The molecule has 1 aromatic carbocycles. The molecule has 29 heavy (non-hydrogen) atoms. The zero-order chi connectivity index (χ0) is 21.8. The molecule has 0 unspecified atom stereocenters. The molecule has 0 amide bonds. The normalized spacial score (nSPS) is 15.2. The highest BCUT2D eigenvalue weighted by Gasteiger charge is 2.43. The lowest BCUT2D eigenvalue weighted by Gasteiger charge is -2.23. The molecule has 1 fully saturated rings. The van der Waals surface area contributed by atoms with Crippen LogP contribution in [0.15, 0.2) is 12.1 Å². The number of rotatable bonds is 7. The van der Waals surface area contributed by atoms with E-state index in [9.17, 15) is 42.6 Å². The number of benzene rings is 1. The average Bonchev–Trinajstić information content (AvgIpc) is 2.66. The minimum absolute atomic E-state index is 0.0110. The fraction of sp³-hybridized carbons (Fsp3) is 0.562. The van der Waals surface area contributed by atoms with E-state index in [1.807, 2.05) is 0 Å². The van der Waals surface area contributed by atoms with Crippen molar-refractivity contribution in [1.29, 1.82) is 0 Å². The van der Waals surface area contributed by atoms with E-state index in [0.717, 1.165) is 25.3 Å². The van der Waals surface area contributed by atoms with E-state index in [1.165, 1.54) is 0 Å². The summed E-state index contributed by atoms with van der Waals surface area (Å²) < 4.78 is 58.8. The molecule has 0 bridgehead atoms. The van der Waals surface area contributed by atoms with Crippen molar-refractivity contribution in [3.8, 4) is 5.75 Å². The third-order valence-electron chi connectivity index (χ3n) is 4.42. The van der Waals surface area contributed by atoms with Crippen molar-refractivity contribution in [2.24, 2.45) is 0 Å². The van der Waals surface area contributed by atoms with Gasteiger partial charge in [0.1, 0.15) is 0 Å². The Labute approximate surface area is 160 Å². The number of halogens is 4. The molecule has 1 saturated carbocycles. The number of carbonyl (C=O) groups is 1. The Bertz CT molecular complexity index is 798. The number of nitro groups is 2. The average molecular weight is 424 g/mol.